The molecule has 2 aromatic rings. The molecule has 0 spiro atoms. The maximum Gasteiger partial charge on any atom is 0.416 e. The molecule has 0 aliphatic carbocycles. The second-order valence-electron chi connectivity index (χ2n) is 4.36. The third kappa shape index (κ3) is 3.74. The first-order valence-corrected chi connectivity index (χ1v) is 5.89. The van der Waals surface area contributed by atoms with Gasteiger partial charge in [-0.1, -0.05) is 24.3 Å². The van der Waals surface area contributed by atoms with Crippen LogP contribution in [0.15, 0.2) is 48.5 Å². The van der Waals surface area contributed by atoms with E-state index in [4.69, 9.17) is 5.11 Å². The highest BCUT2D eigenvalue weighted by atomic mass is 19.4. The summed E-state index contributed by atoms with van der Waals surface area (Å²) in [5.41, 5.74) is 1.28. The van der Waals surface area contributed by atoms with Gasteiger partial charge in [0, 0.05) is 0 Å². The molecule has 0 saturated carbocycles. The molecule has 0 aliphatic heterocycles. The Morgan fingerprint density at radius 2 is 1.16 bits per heavy atom. The van der Waals surface area contributed by atoms with Gasteiger partial charge < -0.3 is 5.11 Å². The van der Waals surface area contributed by atoms with Crippen LogP contribution >= 0.6 is 0 Å². The Balaban J connectivity index is 1.98. The van der Waals surface area contributed by atoms with Crippen LogP contribution in [0.2, 0.25) is 0 Å². The van der Waals surface area contributed by atoms with E-state index in [-0.39, 0.29) is 5.75 Å². The van der Waals surface area contributed by atoms with Crippen LogP contribution in [-0.2, 0) is 19.0 Å². The smallest absolute Gasteiger partial charge is 0.416 e. The van der Waals surface area contributed by atoms with E-state index in [0.29, 0.717) is 6.42 Å². The topological polar surface area (TPSA) is 20.2 Å². The first kappa shape index (κ1) is 13.5. The van der Waals surface area contributed by atoms with E-state index in [2.05, 4.69) is 0 Å². The minimum Gasteiger partial charge on any atom is -0.508 e. The Hall–Kier alpha value is -1.97. The highest BCUT2D eigenvalue weighted by Gasteiger charge is 2.29. The van der Waals surface area contributed by atoms with Crippen molar-refractivity contribution in [3.63, 3.8) is 0 Å². The van der Waals surface area contributed by atoms with Gasteiger partial charge in [0.25, 0.3) is 0 Å². The largest absolute Gasteiger partial charge is 0.508 e. The summed E-state index contributed by atoms with van der Waals surface area (Å²) in [6, 6.07) is 12.0. The molecule has 0 saturated heterocycles. The van der Waals surface area contributed by atoms with Crippen LogP contribution in [0, 0.1) is 0 Å². The average molecular weight is 266 g/mol. The Morgan fingerprint density at radius 3 is 1.58 bits per heavy atom. The monoisotopic (exact) mass is 266 g/mol. The first-order valence-electron chi connectivity index (χ1n) is 5.89. The highest BCUT2D eigenvalue weighted by molar-refractivity contribution is 5.28. The van der Waals surface area contributed by atoms with E-state index in [1.54, 1.807) is 24.3 Å². The highest BCUT2D eigenvalue weighted by Crippen LogP contribution is 2.29. The molecule has 19 heavy (non-hydrogen) atoms. The molecule has 0 bridgehead atoms. The van der Waals surface area contributed by atoms with Crippen molar-refractivity contribution >= 4 is 0 Å². The van der Waals surface area contributed by atoms with Gasteiger partial charge in [0.05, 0.1) is 5.56 Å². The predicted octanol–water partition coefficient (Wildman–Crippen LogP) is 4.20. The molecule has 4 heteroatoms. The van der Waals surface area contributed by atoms with Crippen molar-refractivity contribution in [3.05, 3.63) is 65.2 Å². The fraction of sp³-hybridized carbons (Fsp3) is 0.200. The Morgan fingerprint density at radius 1 is 0.737 bits per heavy atom. The third-order valence-electron chi connectivity index (χ3n) is 2.92. The summed E-state index contributed by atoms with van der Waals surface area (Å²) in [5.74, 6) is 0.207. The molecule has 0 amide bonds. The minimum atomic E-state index is -4.28. The summed E-state index contributed by atoms with van der Waals surface area (Å²) < 4.78 is 37.2. The molecule has 0 fully saturated rings. The number of benzene rings is 2. The zero-order chi connectivity index (χ0) is 13.9. The van der Waals surface area contributed by atoms with Gasteiger partial charge >= 0.3 is 6.18 Å². The van der Waals surface area contributed by atoms with Gasteiger partial charge in [0.2, 0.25) is 0 Å². The van der Waals surface area contributed by atoms with Gasteiger partial charge in [0.1, 0.15) is 5.75 Å². The van der Waals surface area contributed by atoms with Gasteiger partial charge in [-0.3, -0.25) is 0 Å². The average Bonchev–Trinajstić information content (AvgIpc) is 2.37. The number of rotatable bonds is 3. The molecular weight excluding hydrogens is 253 g/mol. The number of aryl methyl sites for hydroxylation is 2. The lowest BCUT2D eigenvalue weighted by Gasteiger charge is -2.07. The summed E-state index contributed by atoms with van der Waals surface area (Å²) in [4.78, 5) is 0. The molecule has 1 N–H and O–H groups in total. The Bertz CT molecular complexity index is 527. The SMILES string of the molecule is Oc1ccc(CCc2ccc(C(F)(F)F)cc2)cc1. The fourth-order valence-electron chi connectivity index (χ4n) is 1.81. The van der Waals surface area contributed by atoms with Crippen LogP contribution in [0.4, 0.5) is 13.2 Å². The molecule has 0 unspecified atom stereocenters. The van der Waals surface area contributed by atoms with Crippen molar-refractivity contribution in [1.29, 1.82) is 0 Å². The first-order chi connectivity index (χ1) is 8.95. The molecule has 0 radical (unpaired) electrons. The summed E-state index contributed by atoms with van der Waals surface area (Å²) in [6.07, 6.45) is -2.88. The third-order valence-corrected chi connectivity index (χ3v) is 2.92. The van der Waals surface area contributed by atoms with E-state index in [9.17, 15) is 13.2 Å². The van der Waals surface area contributed by atoms with Crippen LogP contribution in [0.1, 0.15) is 16.7 Å². The van der Waals surface area contributed by atoms with E-state index < -0.39 is 11.7 Å². The number of hydrogen-bond donors (Lipinski definition) is 1. The number of hydrogen-bond acceptors (Lipinski definition) is 1. The molecule has 2 rings (SSSR count). The van der Waals surface area contributed by atoms with Gasteiger partial charge in [0.15, 0.2) is 0 Å². The van der Waals surface area contributed by atoms with E-state index >= 15 is 0 Å². The normalized spacial score (nSPS) is 11.5. The molecule has 1 nitrogen and oxygen atoms in total. The van der Waals surface area contributed by atoms with Crippen LogP contribution in [0.3, 0.4) is 0 Å². The van der Waals surface area contributed by atoms with E-state index in [0.717, 1.165) is 29.7 Å². The van der Waals surface area contributed by atoms with Crippen LogP contribution in [0.5, 0.6) is 5.75 Å². The minimum absolute atomic E-state index is 0.207. The van der Waals surface area contributed by atoms with Crippen molar-refractivity contribution in [2.45, 2.75) is 19.0 Å². The number of alkyl halides is 3. The molecular formula is C15H13F3O. The zero-order valence-electron chi connectivity index (χ0n) is 10.1. The maximum absolute atomic E-state index is 12.4. The standard InChI is InChI=1S/C15H13F3O/c16-15(17,18)13-7-3-11(4-8-13)1-2-12-5-9-14(19)10-6-12/h3-10,19H,1-2H2. The van der Waals surface area contributed by atoms with Crippen molar-refractivity contribution in [2.24, 2.45) is 0 Å². The summed E-state index contributed by atoms with van der Waals surface area (Å²) in [7, 11) is 0. The van der Waals surface area contributed by atoms with Gasteiger partial charge in [-0.05, 0) is 48.2 Å². The van der Waals surface area contributed by atoms with Crippen LogP contribution < -0.4 is 0 Å². The van der Waals surface area contributed by atoms with Gasteiger partial charge in [-0.2, -0.15) is 13.2 Å². The quantitative estimate of drug-likeness (QED) is 0.882. The molecule has 0 aromatic heterocycles. The van der Waals surface area contributed by atoms with Gasteiger partial charge in [-0.15, -0.1) is 0 Å². The molecule has 0 atom stereocenters. The second-order valence-corrected chi connectivity index (χ2v) is 4.36. The molecule has 100 valence electrons. The Kier molecular flexibility index (Phi) is 3.79. The fourth-order valence-corrected chi connectivity index (χ4v) is 1.81. The predicted molar refractivity (Wildman–Crippen MR) is 67.0 cm³/mol. The molecule has 2 aromatic carbocycles. The van der Waals surface area contributed by atoms with E-state index in [1.165, 1.54) is 12.1 Å². The van der Waals surface area contributed by atoms with Crippen LogP contribution in [-0.4, -0.2) is 5.11 Å². The summed E-state index contributed by atoms with van der Waals surface area (Å²) >= 11 is 0. The maximum atomic E-state index is 12.4. The lowest BCUT2D eigenvalue weighted by Crippen LogP contribution is -2.04. The lowest BCUT2D eigenvalue weighted by atomic mass is 10.0. The number of aromatic hydroxyl groups is 1. The molecule has 0 aliphatic rings. The van der Waals surface area contributed by atoms with Crippen LogP contribution in [0.25, 0.3) is 0 Å². The second kappa shape index (κ2) is 5.34. The Labute approximate surface area is 109 Å². The molecule has 0 heterocycles. The number of phenols is 1. The lowest BCUT2D eigenvalue weighted by molar-refractivity contribution is -0.137. The number of phenolic OH excluding ortho intramolecular Hbond substituents is 1. The number of halogens is 3. The zero-order valence-corrected chi connectivity index (χ0v) is 10.1. The summed E-state index contributed by atoms with van der Waals surface area (Å²) in [6.45, 7) is 0. The van der Waals surface area contributed by atoms with Crippen molar-refractivity contribution < 1.29 is 18.3 Å². The van der Waals surface area contributed by atoms with Gasteiger partial charge in [-0.25, -0.2) is 0 Å². The van der Waals surface area contributed by atoms with Crippen molar-refractivity contribution in [2.75, 3.05) is 0 Å². The summed E-state index contributed by atoms with van der Waals surface area (Å²) in [5, 5.41) is 9.14. The van der Waals surface area contributed by atoms with Crippen molar-refractivity contribution in [3.8, 4) is 5.75 Å². The van der Waals surface area contributed by atoms with E-state index in [1.807, 2.05) is 0 Å². The van der Waals surface area contributed by atoms with Crippen molar-refractivity contribution in [1.82, 2.24) is 0 Å².